The molecular weight excluding hydrogens is 370 g/mol. The van der Waals surface area contributed by atoms with Crippen LogP contribution in [0, 0.1) is 15.5 Å². The van der Waals surface area contributed by atoms with Crippen molar-refractivity contribution in [2.24, 2.45) is 10.4 Å². The number of nitrogens with one attached hydrogen (secondary N) is 1. The first-order valence-corrected chi connectivity index (χ1v) is 8.51. The Hall–Kier alpha value is -3.50. The van der Waals surface area contributed by atoms with Crippen molar-refractivity contribution in [1.29, 1.82) is 0 Å². The number of nitro groups is 1. The van der Waals surface area contributed by atoms with Gasteiger partial charge >= 0.3 is 17.3 Å². The standard InChI is InChI=1S/C17H19N5O6/c1-5-28-13(23)17(10-6-8-11(9-7-10)22(26)27)19-12(16(2,3)4)20-14(24)18-15(25)21(17)20/h6-9H,5H2,1-4H3,(H,18,24,25). The Balaban J connectivity index is 2.40. The molecule has 148 valence electrons. The maximum atomic E-state index is 13.0. The van der Waals surface area contributed by atoms with Gasteiger partial charge in [-0.05, 0) is 19.1 Å². The maximum Gasteiger partial charge on any atom is 0.362 e. The molecule has 0 saturated heterocycles. The molecule has 1 aromatic carbocycles. The SMILES string of the molecule is CCOC(=O)C1(c2ccc([N+](=O)[O-])cc2)N=C(C(C)(C)C)n2c(=O)[nH]c(=O)n21. The van der Waals surface area contributed by atoms with Gasteiger partial charge in [0.1, 0.15) is 5.84 Å². The van der Waals surface area contributed by atoms with Crippen molar-refractivity contribution in [2.75, 3.05) is 6.61 Å². The third-order valence-electron chi connectivity index (χ3n) is 4.29. The van der Waals surface area contributed by atoms with Gasteiger partial charge in [-0.1, -0.05) is 20.8 Å². The smallest absolute Gasteiger partial charge is 0.362 e. The van der Waals surface area contributed by atoms with Crippen LogP contribution >= 0.6 is 0 Å². The summed E-state index contributed by atoms with van der Waals surface area (Å²) in [7, 11) is 0. The van der Waals surface area contributed by atoms with Gasteiger partial charge in [-0.15, -0.1) is 0 Å². The number of aliphatic imine (C=N–C) groups is 1. The summed E-state index contributed by atoms with van der Waals surface area (Å²) in [5.74, 6) is -0.694. The van der Waals surface area contributed by atoms with Crippen LogP contribution in [0.25, 0.3) is 0 Å². The van der Waals surface area contributed by atoms with Gasteiger partial charge < -0.3 is 4.74 Å². The van der Waals surface area contributed by atoms with E-state index in [1.807, 2.05) is 0 Å². The number of hydrogen-bond acceptors (Lipinski definition) is 7. The number of aromatic nitrogens is 3. The molecule has 11 heteroatoms. The summed E-state index contributed by atoms with van der Waals surface area (Å²) in [5.41, 5.74) is -4.34. The highest BCUT2D eigenvalue weighted by Gasteiger charge is 2.53. The molecule has 1 N–H and O–H groups in total. The Morgan fingerprint density at radius 3 is 2.36 bits per heavy atom. The van der Waals surface area contributed by atoms with Crippen LogP contribution in [0.2, 0.25) is 0 Å². The molecule has 0 spiro atoms. The van der Waals surface area contributed by atoms with Crippen LogP contribution in [-0.2, 0) is 15.2 Å². The third kappa shape index (κ3) is 2.66. The number of nitro benzene ring substituents is 1. The van der Waals surface area contributed by atoms with Crippen molar-refractivity contribution < 1.29 is 14.5 Å². The van der Waals surface area contributed by atoms with Gasteiger partial charge in [0, 0.05) is 23.1 Å². The van der Waals surface area contributed by atoms with Crippen molar-refractivity contribution in [1.82, 2.24) is 14.3 Å². The average Bonchev–Trinajstić information content (AvgIpc) is 3.12. The average molecular weight is 389 g/mol. The number of ether oxygens (including phenoxy) is 1. The Bertz CT molecular complexity index is 1100. The second-order valence-corrected chi connectivity index (χ2v) is 7.24. The molecule has 0 aliphatic carbocycles. The van der Waals surface area contributed by atoms with Crippen molar-refractivity contribution in [3.63, 3.8) is 0 Å². The van der Waals surface area contributed by atoms with Crippen LogP contribution in [0.5, 0.6) is 0 Å². The van der Waals surface area contributed by atoms with Crippen LogP contribution in [0.1, 0.15) is 33.3 Å². The van der Waals surface area contributed by atoms with E-state index in [0.717, 1.165) is 9.36 Å². The number of carbonyl (C=O) groups is 1. The number of esters is 1. The van der Waals surface area contributed by atoms with Gasteiger partial charge in [0.15, 0.2) is 0 Å². The lowest BCUT2D eigenvalue weighted by Gasteiger charge is -2.24. The van der Waals surface area contributed by atoms with Crippen molar-refractivity contribution >= 4 is 17.5 Å². The van der Waals surface area contributed by atoms with Crippen LogP contribution in [0.3, 0.4) is 0 Å². The summed E-state index contributed by atoms with van der Waals surface area (Å²) in [6, 6.07) is 5.03. The molecule has 1 aliphatic heterocycles. The lowest BCUT2D eigenvalue weighted by Crippen LogP contribution is -2.47. The summed E-state index contributed by atoms with van der Waals surface area (Å²) in [5, 5.41) is 11.0. The van der Waals surface area contributed by atoms with E-state index in [2.05, 4.69) is 9.98 Å². The third-order valence-corrected chi connectivity index (χ3v) is 4.29. The number of rotatable bonds is 4. The molecule has 0 radical (unpaired) electrons. The molecule has 11 nitrogen and oxygen atoms in total. The first-order valence-electron chi connectivity index (χ1n) is 8.51. The van der Waals surface area contributed by atoms with E-state index in [1.165, 1.54) is 24.3 Å². The zero-order chi connectivity index (χ0) is 20.9. The molecule has 0 bridgehead atoms. The number of carbonyl (C=O) groups excluding carboxylic acids is 1. The molecule has 2 aromatic rings. The van der Waals surface area contributed by atoms with E-state index < -0.39 is 33.3 Å². The molecule has 3 rings (SSSR count). The predicted octanol–water partition coefficient (Wildman–Crippen LogP) is 0.817. The van der Waals surface area contributed by atoms with E-state index in [0.29, 0.717) is 0 Å². The van der Waals surface area contributed by atoms with Crippen LogP contribution in [-0.4, -0.2) is 37.7 Å². The highest BCUT2D eigenvalue weighted by Crippen LogP contribution is 2.36. The maximum absolute atomic E-state index is 13.0. The molecule has 1 atom stereocenters. The normalized spacial score (nSPS) is 18.5. The van der Waals surface area contributed by atoms with Gasteiger partial charge in [-0.25, -0.2) is 19.4 Å². The Morgan fingerprint density at radius 1 is 1.25 bits per heavy atom. The van der Waals surface area contributed by atoms with Gasteiger partial charge in [0.2, 0.25) is 0 Å². The van der Waals surface area contributed by atoms with Crippen LogP contribution in [0.15, 0.2) is 38.8 Å². The molecule has 0 saturated carbocycles. The van der Waals surface area contributed by atoms with Crippen LogP contribution in [0.4, 0.5) is 5.69 Å². The van der Waals surface area contributed by atoms with Gasteiger partial charge in [0.25, 0.3) is 11.4 Å². The van der Waals surface area contributed by atoms with Crippen LogP contribution < -0.4 is 11.4 Å². The Kier molecular flexibility index (Phi) is 4.33. The Labute approximate surface area is 158 Å². The van der Waals surface area contributed by atoms with E-state index in [1.54, 1.807) is 27.7 Å². The number of nitrogens with zero attached hydrogens (tertiary/aromatic N) is 4. The summed E-state index contributed by atoms with van der Waals surface area (Å²) in [4.78, 5) is 55.0. The minimum atomic E-state index is -2.01. The van der Waals surface area contributed by atoms with Gasteiger partial charge in [-0.3, -0.25) is 15.1 Å². The highest BCUT2D eigenvalue weighted by molar-refractivity contribution is 5.95. The largest absolute Gasteiger partial charge is 0.462 e. The summed E-state index contributed by atoms with van der Waals surface area (Å²) in [6.45, 7) is 6.93. The Morgan fingerprint density at radius 2 is 1.86 bits per heavy atom. The van der Waals surface area contributed by atoms with Gasteiger partial charge in [0.05, 0.1) is 11.5 Å². The number of benzene rings is 1. The number of aromatic amines is 1. The fourth-order valence-electron chi connectivity index (χ4n) is 3.08. The molecule has 0 amide bonds. The van der Waals surface area contributed by atoms with Gasteiger partial charge in [-0.2, -0.15) is 9.36 Å². The quantitative estimate of drug-likeness (QED) is 0.466. The fraction of sp³-hybridized carbons (Fsp3) is 0.412. The predicted molar refractivity (Wildman–Crippen MR) is 98.4 cm³/mol. The molecular formula is C17H19N5O6. The zero-order valence-corrected chi connectivity index (χ0v) is 15.8. The molecule has 0 fully saturated rings. The fourth-order valence-corrected chi connectivity index (χ4v) is 3.08. The summed E-state index contributed by atoms with van der Waals surface area (Å²) in [6.07, 6.45) is 0. The molecule has 28 heavy (non-hydrogen) atoms. The molecule has 2 heterocycles. The van der Waals surface area contributed by atoms with E-state index in [9.17, 15) is 24.5 Å². The van der Waals surface area contributed by atoms with Crippen molar-refractivity contribution in [3.05, 3.63) is 60.9 Å². The monoisotopic (exact) mass is 389 g/mol. The zero-order valence-electron chi connectivity index (χ0n) is 15.8. The van der Waals surface area contributed by atoms with E-state index in [-0.39, 0.29) is 23.7 Å². The molecule has 1 aliphatic rings. The van der Waals surface area contributed by atoms with E-state index in [4.69, 9.17) is 4.74 Å². The number of H-pyrrole nitrogens is 1. The number of fused-ring (bicyclic) bond motifs is 1. The first kappa shape index (κ1) is 19.3. The number of hydrogen-bond donors (Lipinski definition) is 1. The number of non-ortho nitro benzene ring substituents is 1. The summed E-state index contributed by atoms with van der Waals surface area (Å²) >= 11 is 0. The lowest BCUT2D eigenvalue weighted by atomic mass is 9.94. The minimum absolute atomic E-state index is 0.0113. The molecule has 1 aromatic heterocycles. The molecule has 1 unspecified atom stereocenters. The highest BCUT2D eigenvalue weighted by atomic mass is 16.6. The van der Waals surface area contributed by atoms with E-state index >= 15 is 0 Å². The second kappa shape index (κ2) is 6.29. The van der Waals surface area contributed by atoms with Crippen molar-refractivity contribution in [3.8, 4) is 0 Å². The van der Waals surface area contributed by atoms with Crippen molar-refractivity contribution in [2.45, 2.75) is 33.4 Å². The summed E-state index contributed by atoms with van der Waals surface area (Å²) < 4.78 is 7.09. The second-order valence-electron chi connectivity index (χ2n) is 7.24. The first-order chi connectivity index (χ1) is 13.0. The topological polar surface area (TPSA) is 142 Å². The lowest BCUT2D eigenvalue weighted by molar-refractivity contribution is -0.384. The minimum Gasteiger partial charge on any atom is -0.462 e.